The van der Waals surface area contributed by atoms with Gasteiger partial charge in [-0.2, -0.15) is 0 Å². The molecule has 0 aliphatic carbocycles. The predicted octanol–water partition coefficient (Wildman–Crippen LogP) is 1.46. The summed E-state index contributed by atoms with van der Waals surface area (Å²) >= 11 is 0. The van der Waals surface area contributed by atoms with E-state index in [1.807, 2.05) is 0 Å². The number of hydrogen-bond donors (Lipinski definition) is 1. The van der Waals surface area contributed by atoms with Crippen molar-refractivity contribution in [3.8, 4) is 5.75 Å². The Balaban J connectivity index is 3.28. The van der Waals surface area contributed by atoms with Gasteiger partial charge in [-0.1, -0.05) is 0 Å². The summed E-state index contributed by atoms with van der Waals surface area (Å²) in [7, 11) is 0. The molecule has 0 saturated carbocycles. The molecular formula is C9H9F2NO2. The van der Waals surface area contributed by atoms with Gasteiger partial charge in [0.2, 0.25) is 0 Å². The van der Waals surface area contributed by atoms with Crippen molar-refractivity contribution < 1.29 is 18.3 Å². The van der Waals surface area contributed by atoms with E-state index in [0.717, 1.165) is 6.07 Å². The van der Waals surface area contributed by atoms with Crippen LogP contribution < -0.4 is 10.5 Å². The second kappa shape index (κ2) is 4.04. The van der Waals surface area contributed by atoms with E-state index in [1.54, 1.807) is 6.92 Å². The van der Waals surface area contributed by atoms with Gasteiger partial charge in [0.15, 0.2) is 11.6 Å². The normalized spacial score (nSPS) is 9.93. The highest BCUT2D eigenvalue weighted by Gasteiger charge is 2.16. The molecule has 0 aliphatic rings. The first-order chi connectivity index (χ1) is 6.56. The van der Waals surface area contributed by atoms with Crippen LogP contribution in [-0.2, 0) is 0 Å². The number of rotatable bonds is 3. The van der Waals surface area contributed by atoms with Gasteiger partial charge in [-0.05, 0) is 13.0 Å². The number of carbonyl (C=O) groups is 1. The molecule has 0 aliphatic heterocycles. The van der Waals surface area contributed by atoms with Crippen molar-refractivity contribution >= 4 is 5.91 Å². The van der Waals surface area contributed by atoms with Crippen molar-refractivity contribution in [2.24, 2.45) is 5.73 Å². The SMILES string of the molecule is CCOc1c(F)cc(F)cc1C(N)=O. The second-order valence-electron chi connectivity index (χ2n) is 2.56. The standard InChI is InChI=1S/C9H9F2NO2/c1-2-14-8-6(9(12)13)3-5(10)4-7(8)11/h3-4H,2H2,1H3,(H2,12,13). The molecular weight excluding hydrogens is 192 g/mol. The number of hydrogen-bond acceptors (Lipinski definition) is 2. The van der Waals surface area contributed by atoms with Crippen molar-refractivity contribution in [2.75, 3.05) is 6.61 Å². The molecule has 1 rings (SSSR count). The van der Waals surface area contributed by atoms with Crippen LogP contribution in [0, 0.1) is 11.6 Å². The van der Waals surface area contributed by atoms with Crippen LogP contribution in [0.5, 0.6) is 5.75 Å². The molecule has 76 valence electrons. The summed E-state index contributed by atoms with van der Waals surface area (Å²) in [5.41, 5.74) is 4.64. The molecule has 0 aromatic heterocycles. The van der Waals surface area contributed by atoms with Crippen LogP contribution >= 0.6 is 0 Å². The van der Waals surface area contributed by atoms with Gasteiger partial charge in [-0.3, -0.25) is 4.79 Å². The third-order valence-corrected chi connectivity index (χ3v) is 1.56. The van der Waals surface area contributed by atoms with Gasteiger partial charge in [-0.15, -0.1) is 0 Å². The van der Waals surface area contributed by atoms with Gasteiger partial charge in [0.25, 0.3) is 5.91 Å². The Morgan fingerprint density at radius 3 is 2.64 bits per heavy atom. The first kappa shape index (κ1) is 10.4. The molecule has 0 saturated heterocycles. The number of nitrogens with two attached hydrogens (primary N) is 1. The van der Waals surface area contributed by atoms with Crippen LogP contribution in [0.4, 0.5) is 8.78 Å². The van der Waals surface area contributed by atoms with E-state index >= 15 is 0 Å². The lowest BCUT2D eigenvalue weighted by Crippen LogP contribution is -2.14. The van der Waals surface area contributed by atoms with Gasteiger partial charge in [0.05, 0.1) is 12.2 Å². The molecule has 0 radical (unpaired) electrons. The number of benzene rings is 1. The highest BCUT2D eigenvalue weighted by Crippen LogP contribution is 2.23. The molecule has 0 heterocycles. The van der Waals surface area contributed by atoms with Crippen molar-refractivity contribution in [1.29, 1.82) is 0 Å². The number of carbonyl (C=O) groups excluding carboxylic acids is 1. The van der Waals surface area contributed by atoms with Crippen molar-refractivity contribution in [3.63, 3.8) is 0 Å². The van der Waals surface area contributed by atoms with Crippen molar-refractivity contribution in [3.05, 3.63) is 29.3 Å². The fourth-order valence-electron chi connectivity index (χ4n) is 1.03. The third-order valence-electron chi connectivity index (χ3n) is 1.56. The highest BCUT2D eigenvalue weighted by molar-refractivity contribution is 5.95. The van der Waals surface area contributed by atoms with E-state index in [2.05, 4.69) is 0 Å². The van der Waals surface area contributed by atoms with Crippen LogP contribution in [0.2, 0.25) is 0 Å². The molecule has 1 amide bonds. The number of halogens is 2. The predicted molar refractivity (Wildman–Crippen MR) is 46.0 cm³/mol. The van der Waals surface area contributed by atoms with Gasteiger partial charge < -0.3 is 10.5 Å². The monoisotopic (exact) mass is 201 g/mol. The zero-order valence-electron chi connectivity index (χ0n) is 7.51. The minimum atomic E-state index is -0.930. The summed E-state index contributed by atoms with van der Waals surface area (Å²) in [5.74, 6) is -3.02. The summed E-state index contributed by atoms with van der Waals surface area (Å²) in [5, 5.41) is 0. The van der Waals surface area contributed by atoms with E-state index in [-0.39, 0.29) is 17.9 Å². The molecule has 3 nitrogen and oxygen atoms in total. The number of primary amides is 1. The van der Waals surface area contributed by atoms with E-state index < -0.39 is 17.5 Å². The molecule has 14 heavy (non-hydrogen) atoms. The lowest BCUT2D eigenvalue weighted by molar-refractivity contribution is 0.0995. The van der Waals surface area contributed by atoms with Gasteiger partial charge in [0, 0.05) is 6.07 Å². The lowest BCUT2D eigenvalue weighted by atomic mass is 10.2. The van der Waals surface area contributed by atoms with Crippen LogP contribution in [0.1, 0.15) is 17.3 Å². The van der Waals surface area contributed by atoms with E-state index in [1.165, 1.54) is 0 Å². The Morgan fingerprint density at radius 1 is 1.50 bits per heavy atom. The quantitative estimate of drug-likeness (QED) is 0.804. The van der Waals surface area contributed by atoms with E-state index in [4.69, 9.17) is 10.5 Å². The maximum Gasteiger partial charge on any atom is 0.252 e. The maximum atomic E-state index is 13.1. The fraction of sp³-hybridized carbons (Fsp3) is 0.222. The summed E-state index contributed by atoms with van der Waals surface area (Å²) in [6, 6.07) is 1.48. The average molecular weight is 201 g/mol. The smallest absolute Gasteiger partial charge is 0.252 e. The van der Waals surface area contributed by atoms with Crippen molar-refractivity contribution in [2.45, 2.75) is 6.92 Å². The molecule has 0 spiro atoms. The van der Waals surface area contributed by atoms with Crippen molar-refractivity contribution in [1.82, 2.24) is 0 Å². The summed E-state index contributed by atoms with van der Waals surface area (Å²) in [4.78, 5) is 10.8. The topological polar surface area (TPSA) is 52.3 Å². The number of amides is 1. The Hall–Kier alpha value is -1.65. The first-order valence-electron chi connectivity index (χ1n) is 3.98. The Morgan fingerprint density at radius 2 is 2.14 bits per heavy atom. The minimum Gasteiger partial charge on any atom is -0.490 e. The maximum absolute atomic E-state index is 13.1. The summed E-state index contributed by atoms with van der Waals surface area (Å²) < 4.78 is 30.6. The van der Waals surface area contributed by atoms with Gasteiger partial charge in [0.1, 0.15) is 5.82 Å². The van der Waals surface area contributed by atoms with Crippen LogP contribution in [0.3, 0.4) is 0 Å². The Bertz CT molecular complexity index is 366. The molecule has 1 aromatic carbocycles. The molecule has 1 aromatic rings. The average Bonchev–Trinajstić information content (AvgIpc) is 2.09. The zero-order valence-corrected chi connectivity index (χ0v) is 7.51. The molecule has 0 unspecified atom stereocenters. The molecule has 5 heteroatoms. The fourth-order valence-corrected chi connectivity index (χ4v) is 1.03. The summed E-state index contributed by atoms with van der Waals surface area (Å²) in [6.07, 6.45) is 0. The third kappa shape index (κ3) is 1.99. The van der Waals surface area contributed by atoms with Crippen LogP contribution in [0.25, 0.3) is 0 Å². The summed E-state index contributed by atoms with van der Waals surface area (Å²) in [6.45, 7) is 1.79. The van der Waals surface area contributed by atoms with Crippen LogP contribution in [0.15, 0.2) is 12.1 Å². The van der Waals surface area contributed by atoms with Crippen LogP contribution in [-0.4, -0.2) is 12.5 Å². The van der Waals surface area contributed by atoms with E-state index in [9.17, 15) is 13.6 Å². The molecule has 0 atom stereocenters. The largest absolute Gasteiger partial charge is 0.490 e. The number of ether oxygens (including phenoxy) is 1. The minimum absolute atomic E-state index is 0.169. The van der Waals surface area contributed by atoms with Gasteiger partial charge in [-0.25, -0.2) is 8.78 Å². The van der Waals surface area contributed by atoms with E-state index in [0.29, 0.717) is 6.07 Å². The molecule has 0 bridgehead atoms. The molecule has 2 N–H and O–H groups in total. The first-order valence-corrected chi connectivity index (χ1v) is 3.98. The second-order valence-corrected chi connectivity index (χ2v) is 2.56. The molecule has 0 fully saturated rings. The Labute approximate surface area is 79.5 Å². The highest BCUT2D eigenvalue weighted by atomic mass is 19.1. The Kier molecular flexibility index (Phi) is 3.01. The van der Waals surface area contributed by atoms with Gasteiger partial charge >= 0.3 is 0 Å². The zero-order chi connectivity index (χ0) is 10.7. The lowest BCUT2D eigenvalue weighted by Gasteiger charge is -2.08.